The lowest BCUT2D eigenvalue weighted by Crippen LogP contribution is -2.49. The van der Waals surface area contributed by atoms with Crippen molar-refractivity contribution >= 4 is 11.9 Å². The number of rotatable bonds is 4. The topological polar surface area (TPSA) is 98.7 Å². The van der Waals surface area contributed by atoms with Gasteiger partial charge in [0.05, 0.1) is 12.0 Å². The molecule has 0 aromatic heterocycles. The van der Waals surface area contributed by atoms with Crippen LogP contribution in [-0.2, 0) is 9.59 Å². The predicted octanol–water partition coefficient (Wildman–Crippen LogP) is -1.45. The first-order chi connectivity index (χ1) is 6.99. The van der Waals surface area contributed by atoms with Crippen LogP contribution in [0.25, 0.3) is 0 Å². The zero-order chi connectivity index (χ0) is 11.5. The molecule has 1 saturated heterocycles. The molecule has 1 aliphatic rings. The van der Waals surface area contributed by atoms with Gasteiger partial charge in [-0.15, -0.1) is 0 Å². The molecule has 0 aliphatic carbocycles. The normalized spacial score (nSPS) is 27.3. The molecule has 15 heavy (non-hydrogen) atoms. The minimum absolute atomic E-state index is 0.325. The van der Waals surface area contributed by atoms with Crippen LogP contribution in [0.3, 0.4) is 0 Å². The van der Waals surface area contributed by atoms with Gasteiger partial charge in [-0.05, 0) is 19.9 Å². The molecule has 1 fully saturated rings. The second-order valence-electron chi connectivity index (χ2n) is 4.03. The minimum atomic E-state index is -1.22. The van der Waals surface area contributed by atoms with Gasteiger partial charge < -0.3 is 20.8 Å². The lowest BCUT2D eigenvalue weighted by Gasteiger charge is -2.23. The zero-order valence-corrected chi connectivity index (χ0v) is 8.62. The van der Waals surface area contributed by atoms with Crippen molar-refractivity contribution < 1.29 is 19.8 Å². The highest BCUT2D eigenvalue weighted by Crippen LogP contribution is 2.24. The average molecular weight is 216 g/mol. The quantitative estimate of drug-likeness (QED) is 0.461. The SMILES string of the molecule is CC1(C(=O)NC(CO)C(=O)O)CCNC1. The third kappa shape index (κ3) is 2.66. The van der Waals surface area contributed by atoms with Gasteiger partial charge in [0.2, 0.25) is 5.91 Å². The van der Waals surface area contributed by atoms with E-state index >= 15 is 0 Å². The lowest BCUT2D eigenvalue weighted by molar-refractivity contribution is -0.144. The fourth-order valence-electron chi connectivity index (χ4n) is 1.53. The summed E-state index contributed by atoms with van der Waals surface area (Å²) in [6.07, 6.45) is 0.677. The van der Waals surface area contributed by atoms with E-state index in [2.05, 4.69) is 10.6 Å². The van der Waals surface area contributed by atoms with Crippen molar-refractivity contribution in [2.75, 3.05) is 19.7 Å². The monoisotopic (exact) mass is 216 g/mol. The highest BCUT2D eigenvalue weighted by atomic mass is 16.4. The molecular formula is C9H16N2O4. The fourth-order valence-corrected chi connectivity index (χ4v) is 1.53. The summed E-state index contributed by atoms with van der Waals surface area (Å²) in [4.78, 5) is 22.3. The van der Waals surface area contributed by atoms with E-state index in [1.165, 1.54) is 0 Å². The first kappa shape index (κ1) is 11.9. The number of carbonyl (C=O) groups is 2. The van der Waals surface area contributed by atoms with Crippen molar-refractivity contribution in [1.82, 2.24) is 10.6 Å². The molecule has 0 spiro atoms. The van der Waals surface area contributed by atoms with E-state index in [0.29, 0.717) is 13.0 Å². The van der Waals surface area contributed by atoms with E-state index in [1.807, 2.05) is 0 Å². The highest BCUT2D eigenvalue weighted by molar-refractivity contribution is 5.87. The Morgan fingerprint density at radius 1 is 1.60 bits per heavy atom. The second-order valence-corrected chi connectivity index (χ2v) is 4.03. The van der Waals surface area contributed by atoms with Crippen LogP contribution in [0, 0.1) is 5.41 Å². The summed E-state index contributed by atoms with van der Waals surface area (Å²) in [6, 6.07) is -1.21. The van der Waals surface area contributed by atoms with Gasteiger partial charge in [0, 0.05) is 6.54 Å². The summed E-state index contributed by atoms with van der Waals surface area (Å²) in [5, 5.41) is 22.8. The number of carbonyl (C=O) groups excluding carboxylic acids is 1. The van der Waals surface area contributed by atoms with E-state index in [9.17, 15) is 9.59 Å². The molecule has 1 amide bonds. The Kier molecular flexibility index (Phi) is 3.65. The first-order valence-electron chi connectivity index (χ1n) is 4.85. The molecule has 1 heterocycles. The number of aliphatic hydroxyl groups is 1. The van der Waals surface area contributed by atoms with Crippen molar-refractivity contribution in [3.63, 3.8) is 0 Å². The maximum atomic E-state index is 11.7. The number of carboxylic acids is 1. The van der Waals surface area contributed by atoms with Gasteiger partial charge in [0.1, 0.15) is 6.04 Å². The molecule has 6 nitrogen and oxygen atoms in total. The molecule has 0 bridgehead atoms. The van der Waals surface area contributed by atoms with Gasteiger partial charge in [-0.2, -0.15) is 0 Å². The van der Waals surface area contributed by atoms with Gasteiger partial charge in [0.25, 0.3) is 0 Å². The summed E-state index contributed by atoms with van der Waals surface area (Å²) in [5.41, 5.74) is -0.567. The van der Waals surface area contributed by atoms with Crippen molar-refractivity contribution in [3.05, 3.63) is 0 Å². The van der Waals surface area contributed by atoms with Gasteiger partial charge in [-0.1, -0.05) is 0 Å². The maximum Gasteiger partial charge on any atom is 0.328 e. The molecule has 0 radical (unpaired) electrons. The standard InChI is InChI=1S/C9H16N2O4/c1-9(2-3-10-5-9)8(15)11-6(4-12)7(13)14/h6,10,12H,2-5H2,1H3,(H,11,15)(H,13,14). The highest BCUT2D eigenvalue weighted by Gasteiger charge is 2.37. The summed E-state index contributed by atoms with van der Waals surface area (Å²) < 4.78 is 0. The van der Waals surface area contributed by atoms with E-state index in [1.54, 1.807) is 6.92 Å². The molecule has 2 atom stereocenters. The molecule has 1 rings (SSSR count). The molecule has 2 unspecified atom stereocenters. The molecule has 4 N–H and O–H groups in total. The van der Waals surface area contributed by atoms with E-state index in [0.717, 1.165) is 6.54 Å². The Balaban J connectivity index is 2.57. The summed E-state index contributed by atoms with van der Waals surface area (Å²) in [6.45, 7) is 2.47. The van der Waals surface area contributed by atoms with Crippen LogP contribution in [0.2, 0.25) is 0 Å². The molecule has 0 aromatic carbocycles. The maximum absolute atomic E-state index is 11.7. The molecule has 1 aliphatic heterocycles. The Bertz CT molecular complexity index is 261. The van der Waals surface area contributed by atoms with Crippen molar-refractivity contribution in [3.8, 4) is 0 Å². The van der Waals surface area contributed by atoms with E-state index < -0.39 is 24.0 Å². The van der Waals surface area contributed by atoms with Crippen LogP contribution >= 0.6 is 0 Å². The molecule has 0 aromatic rings. The smallest absolute Gasteiger partial charge is 0.328 e. The number of carboxylic acid groups (broad SMARTS) is 1. The van der Waals surface area contributed by atoms with Crippen LogP contribution < -0.4 is 10.6 Å². The minimum Gasteiger partial charge on any atom is -0.480 e. The zero-order valence-electron chi connectivity index (χ0n) is 8.62. The number of amides is 1. The summed E-state index contributed by atoms with van der Waals surface area (Å²) in [7, 11) is 0. The number of nitrogens with one attached hydrogen (secondary N) is 2. The van der Waals surface area contributed by atoms with Crippen LogP contribution in [-0.4, -0.2) is 47.8 Å². The molecule has 0 saturated carbocycles. The lowest BCUT2D eigenvalue weighted by atomic mass is 9.88. The Morgan fingerprint density at radius 2 is 2.27 bits per heavy atom. The van der Waals surface area contributed by atoms with Gasteiger partial charge in [-0.3, -0.25) is 4.79 Å². The third-order valence-electron chi connectivity index (χ3n) is 2.70. The Morgan fingerprint density at radius 3 is 2.67 bits per heavy atom. The third-order valence-corrected chi connectivity index (χ3v) is 2.70. The van der Waals surface area contributed by atoms with Crippen LogP contribution in [0.4, 0.5) is 0 Å². The van der Waals surface area contributed by atoms with E-state index in [-0.39, 0.29) is 5.91 Å². The van der Waals surface area contributed by atoms with Crippen molar-refractivity contribution in [1.29, 1.82) is 0 Å². The van der Waals surface area contributed by atoms with Crippen LogP contribution in [0.1, 0.15) is 13.3 Å². The first-order valence-corrected chi connectivity index (χ1v) is 4.85. The summed E-state index contributed by atoms with van der Waals surface area (Å²) >= 11 is 0. The number of hydrogen-bond acceptors (Lipinski definition) is 4. The number of aliphatic hydroxyl groups excluding tert-OH is 1. The second kappa shape index (κ2) is 4.59. The van der Waals surface area contributed by atoms with E-state index in [4.69, 9.17) is 10.2 Å². The fraction of sp³-hybridized carbons (Fsp3) is 0.778. The molecular weight excluding hydrogens is 200 g/mol. The largest absolute Gasteiger partial charge is 0.480 e. The van der Waals surface area contributed by atoms with Crippen LogP contribution in [0.15, 0.2) is 0 Å². The average Bonchev–Trinajstić information content (AvgIpc) is 2.61. The van der Waals surface area contributed by atoms with Crippen molar-refractivity contribution in [2.24, 2.45) is 5.41 Å². The van der Waals surface area contributed by atoms with Gasteiger partial charge in [0.15, 0.2) is 0 Å². The number of aliphatic carboxylic acids is 1. The van der Waals surface area contributed by atoms with Gasteiger partial charge >= 0.3 is 5.97 Å². The van der Waals surface area contributed by atoms with Gasteiger partial charge in [-0.25, -0.2) is 4.79 Å². The predicted molar refractivity (Wildman–Crippen MR) is 52.2 cm³/mol. The Labute approximate surface area is 87.7 Å². The van der Waals surface area contributed by atoms with Crippen molar-refractivity contribution in [2.45, 2.75) is 19.4 Å². The molecule has 86 valence electrons. The summed E-state index contributed by atoms with van der Waals surface area (Å²) in [5.74, 6) is -1.55. The number of hydrogen-bond donors (Lipinski definition) is 4. The van der Waals surface area contributed by atoms with Crippen LogP contribution in [0.5, 0.6) is 0 Å². The molecule has 6 heteroatoms. The Hall–Kier alpha value is -1.14.